The Balaban J connectivity index is 1.66. The van der Waals surface area contributed by atoms with Crippen molar-refractivity contribution >= 4 is 10.9 Å². The number of pyridine rings is 1. The number of nitrogens with zero attached hydrogens (tertiary/aromatic N) is 4. The maximum Gasteiger partial charge on any atom is 0.258 e. The summed E-state index contributed by atoms with van der Waals surface area (Å²) in [5.74, 6) is 0.853. The average Bonchev–Trinajstić information content (AvgIpc) is 3.42. The van der Waals surface area contributed by atoms with E-state index in [-0.39, 0.29) is 11.6 Å². The molecule has 0 radical (unpaired) electrons. The van der Waals surface area contributed by atoms with Crippen molar-refractivity contribution in [2.24, 2.45) is 0 Å². The van der Waals surface area contributed by atoms with Crippen molar-refractivity contribution in [2.75, 3.05) is 13.1 Å². The first-order valence-corrected chi connectivity index (χ1v) is 11.0. The maximum atomic E-state index is 13.3. The highest BCUT2D eigenvalue weighted by Gasteiger charge is 2.36. The van der Waals surface area contributed by atoms with Gasteiger partial charge in [-0.2, -0.15) is 0 Å². The van der Waals surface area contributed by atoms with Gasteiger partial charge in [0, 0.05) is 0 Å². The summed E-state index contributed by atoms with van der Waals surface area (Å²) in [4.78, 5) is 17.8. The summed E-state index contributed by atoms with van der Waals surface area (Å²) in [6.45, 7) is 4.13. The van der Waals surface area contributed by atoms with E-state index in [1.165, 1.54) is 37.0 Å². The molecule has 152 valence electrons. The Kier molecular flexibility index (Phi) is 4.91. The smallest absolute Gasteiger partial charge is 0.258 e. The molecule has 5 rings (SSSR count). The first kappa shape index (κ1) is 18.5. The molecule has 7 nitrogen and oxygen atoms in total. The second-order valence-electron chi connectivity index (χ2n) is 8.66. The fourth-order valence-corrected chi connectivity index (χ4v) is 5.25. The van der Waals surface area contributed by atoms with Gasteiger partial charge in [-0.05, 0) is 66.5 Å². The predicted molar refractivity (Wildman–Crippen MR) is 111 cm³/mol. The SMILES string of the molecule is Cc1cccc2cc([C@H](c3nnnn3C3CCCC3)[NH+]3CCCCC3)c(=O)[nH]c12. The van der Waals surface area contributed by atoms with Crippen LogP contribution >= 0.6 is 0 Å². The number of aryl methyl sites for hydroxylation is 1. The van der Waals surface area contributed by atoms with Gasteiger partial charge in [-0.15, -0.1) is 5.10 Å². The molecule has 1 aliphatic heterocycles. The molecule has 3 heterocycles. The van der Waals surface area contributed by atoms with E-state index >= 15 is 0 Å². The highest BCUT2D eigenvalue weighted by atomic mass is 16.1. The monoisotopic (exact) mass is 393 g/mol. The van der Waals surface area contributed by atoms with E-state index in [0.29, 0.717) is 6.04 Å². The zero-order valence-corrected chi connectivity index (χ0v) is 17.0. The van der Waals surface area contributed by atoms with Crippen LogP contribution in [0.5, 0.6) is 0 Å². The van der Waals surface area contributed by atoms with Crippen molar-refractivity contribution in [1.29, 1.82) is 0 Å². The minimum atomic E-state index is -0.125. The molecule has 2 aliphatic rings. The van der Waals surface area contributed by atoms with Gasteiger partial charge in [0.05, 0.1) is 30.2 Å². The normalized spacial score (nSPS) is 19.8. The molecule has 2 aromatic heterocycles. The number of piperidine rings is 1. The molecule has 3 aromatic rings. The molecular formula is C22H29N6O+. The summed E-state index contributed by atoms with van der Waals surface area (Å²) in [5, 5.41) is 14.0. The fraction of sp³-hybridized carbons (Fsp3) is 0.545. The molecule has 0 bridgehead atoms. The number of H-pyrrole nitrogens is 1. The summed E-state index contributed by atoms with van der Waals surface area (Å²) < 4.78 is 2.03. The van der Waals surface area contributed by atoms with Crippen LogP contribution in [0.25, 0.3) is 10.9 Å². The fourth-order valence-electron chi connectivity index (χ4n) is 5.25. The van der Waals surface area contributed by atoms with Gasteiger partial charge in [-0.1, -0.05) is 31.0 Å². The molecule has 1 atom stereocenters. The number of fused-ring (bicyclic) bond motifs is 1. The van der Waals surface area contributed by atoms with Gasteiger partial charge in [0.2, 0.25) is 5.82 Å². The number of rotatable bonds is 4. The quantitative estimate of drug-likeness (QED) is 0.711. The molecule has 7 heteroatoms. The van der Waals surface area contributed by atoms with E-state index in [1.54, 1.807) is 0 Å². The number of hydrogen-bond acceptors (Lipinski definition) is 4. The molecule has 1 saturated carbocycles. The highest BCUT2D eigenvalue weighted by Crippen LogP contribution is 2.31. The molecule has 1 aromatic carbocycles. The third kappa shape index (κ3) is 3.37. The largest absolute Gasteiger partial charge is 0.322 e. The summed E-state index contributed by atoms with van der Waals surface area (Å²) >= 11 is 0. The minimum Gasteiger partial charge on any atom is -0.322 e. The first-order chi connectivity index (χ1) is 14.2. The van der Waals surface area contributed by atoms with Gasteiger partial charge in [0.25, 0.3) is 5.56 Å². The first-order valence-electron chi connectivity index (χ1n) is 11.0. The van der Waals surface area contributed by atoms with E-state index in [1.807, 2.05) is 23.7 Å². The van der Waals surface area contributed by atoms with Gasteiger partial charge < -0.3 is 9.88 Å². The Hall–Kier alpha value is -2.54. The number of para-hydroxylation sites is 1. The Morgan fingerprint density at radius 2 is 1.93 bits per heavy atom. The number of benzene rings is 1. The summed E-state index contributed by atoms with van der Waals surface area (Å²) in [6, 6.07) is 8.45. The number of nitrogens with one attached hydrogen (secondary N) is 2. The van der Waals surface area contributed by atoms with Crippen LogP contribution in [0, 0.1) is 6.92 Å². The lowest BCUT2D eigenvalue weighted by Crippen LogP contribution is -3.13. The zero-order chi connectivity index (χ0) is 19.8. The summed E-state index contributed by atoms with van der Waals surface area (Å²) in [6.07, 6.45) is 8.31. The third-order valence-electron chi connectivity index (χ3n) is 6.78. The van der Waals surface area contributed by atoms with Crippen LogP contribution in [0.3, 0.4) is 0 Å². The third-order valence-corrected chi connectivity index (χ3v) is 6.78. The number of quaternary nitrogens is 1. The van der Waals surface area contributed by atoms with Gasteiger partial charge in [-0.25, -0.2) is 4.68 Å². The minimum absolute atomic E-state index is 0.0177. The number of tetrazole rings is 1. The Morgan fingerprint density at radius 3 is 2.72 bits per heavy atom. The standard InChI is InChI=1S/C22H28N6O/c1-15-8-7-9-16-14-18(22(29)23-19(15)16)20(27-12-5-2-6-13-27)21-24-25-26-28(21)17-10-3-4-11-17/h7-9,14,17,20H,2-6,10-13H2,1H3,(H,23,29)/p+1/t20-/m1/s1. The van der Waals surface area contributed by atoms with Crippen LogP contribution in [-0.4, -0.2) is 38.3 Å². The number of hydrogen-bond donors (Lipinski definition) is 2. The topological polar surface area (TPSA) is 80.9 Å². The van der Waals surface area contributed by atoms with Crippen molar-refractivity contribution in [3.05, 3.63) is 51.6 Å². The second-order valence-corrected chi connectivity index (χ2v) is 8.66. The Morgan fingerprint density at radius 1 is 1.14 bits per heavy atom. The predicted octanol–water partition coefficient (Wildman–Crippen LogP) is 2.10. The molecule has 2 N–H and O–H groups in total. The van der Waals surface area contributed by atoms with Crippen molar-refractivity contribution in [2.45, 2.75) is 64.0 Å². The zero-order valence-electron chi connectivity index (χ0n) is 17.0. The lowest BCUT2D eigenvalue weighted by Gasteiger charge is -2.31. The molecule has 0 unspecified atom stereocenters. The van der Waals surface area contributed by atoms with E-state index < -0.39 is 0 Å². The van der Waals surface area contributed by atoms with Crippen LogP contribution in [0.1, 0.15) is 74.0 Å². The molecule has 2 fully saturated rings. The number of aromatic amines is 1. The van der Waals surface area contributed by atoms with E-state index in [4.69, 9.17) is 0 Å². The van der Waals surface area contributed by atoms with Crippen LogP contribution in [0.15, 0.2) is 29.1 Å². The van der Waals surface area contributed by atoms with E-state index in [2.05, 4.69) is 32.6 Å². The number of likely N-dealkylation sites (tertiary alicyclic amines) is 1. The van der Waals surface area contributed by atoms with Gasteiger partial charge in [-0.3, -0.25) is 4.79 Å². The molecular weight excluding hydrogens is 364 g/mol. The molecule has 0 amide bonds. The van der Waals surface area contributed by atoms with Crippen LogP contribution < -0.4 is 10.5 Å². The average molecular weight is 394 g/mol. The molecule has 29 heavy (non-hydrogen) atoms. The second kappa shape index (κ2) is 7.71. The summed E-state index contributed by atoms with van der Waals surface area (Å²) in [7, 11) is 0. The lowest BCUT2D eigenvalue weighted by molar-refractivity contribution is -0.931. The van der Waals surface area contributed by atoms with Crippen LogP contribution in [0.4, 0.5) is 0 Å². The molecule has 1 saturated heterocycles. The maximum absolute atomic E-state index is 13.3. The van der Waals surface area contributed by atoms with Gasteiger partial charge in [0.1, 0.15) is 0 Å². The van der Waals surface area contributed by atoms with E-state index in [0.717, 1.165) is 53.8 Å². The van der Waals surface area contributed by atoms with Crippen molar-refractivity contribution in [1.82, 2.24) is 25.2 Å². The Bertz CT molecular complexity index is 1060. The van der Waals surface area contributed by atoms with Crippen molar-refractivity contribution in [3.63, 3.8) is 0 Å². The van der Waals surface area contributed by atoms with Gasteiger partial charge >= 0.3 is 0 Å². The molecule has 0 spiro atoms. The van der Waals surface area contributed by atoms with Gasteiger partial charge in [0.15, 0.2) is 6.04 Å². The lowest BCUT2D eigenvalue weighted by atomic mass is 9.99. The van der Waals surface area contributed by atoms with Crippen LogP contribution in [-0.2, 0) is 0 Å². The molecule has 1 aliphatic carbocycles. The highest BCUT2D eigenvalue weighted by molar-refractivity contribution is 5.82. The van der Waals surface area contributed by atoms with Crippen molar-refractivity contribution < 1.29 is 4.90 Å². The van der Waals surface area contributed by atoms with E-state index in [9.17, 15) is 4.79 Å². The van der Waals surface area contributed by atoms with Crippen molar-refractivity contribution in [3.8, 4) is 0 Å². The Labute approximate surface area is 170 Å². The number of aromatic nitrogens is 5. The summed E-state index contributed by atoms with van der Waals surface area (Å²) in [5.41, 5.74) is 2.78. The van der Waals surface area contributed by atoms with Crippen LogP contribution in [0.2, 0.25) is 0 Å².